The van der Waals surface area contributed by atoms with Crippen LogP contribution in [0, 0.1) is 5.41 Å². The molecule has 21 heavy (non-hydrogen) atoms. The van der Waals surface area contributed by atoms with Gasteiger partial charge >= 0.3 is 0 Å². The first-order valence-corrected chi connectivity index (χ1v) is 8.28. The van der Waals surface area contributed by atoms with Crippen LogP contribution in [0.25, 0.3) is 11.0 Å². The number of nitrogens with zero attached hydrogens (tertiary/aromatic N) is 1. The van der Waals surface area contributed by atoms with E-state index in [9.17, 15) is 0 Å². The summed E-state index contributed by atoms with van der Waals surface area (Å²) >= 11 is 3.50. The Bertz CT molecular complexity index is 606. The van der Waals surface area contributed by atoms with Crippen molar-refractivity contribution in [2.24, 2.45) is 11.1 Å². The smallest absolute Gasteiger partial charge is 0.134 e. The van der Waals surface area contributed by atoms with Crippen LogP contribution >= 0.6 is 15.9 Å². The molecular formula is C17H25BrN2O. The molecule has 0 amide bonds. The van der Waals surface area contributed by atoms with Gasteiger partial charge < -0.3 is 10.2 Å². The number of hydrogen-bond donors (Lipinski definition) is 1. The van der Waals surface area contributed by atoms with Gasteiger partial charge in [0.25, 0.3) is 0 Å². The highest BCUT2D eigenvalue weighted by Crippen LogP contribution is 2.30. The average Bonchev–Trinajstić information content (AvgIpc) is 2.87. The molecule has 0 aliphatic carbocycles. The Hall–Kier alpha value is -0.840. The Labute approximate surface area is 135 Å². The summed E-state index contributed by atoms with van der Waals surface area (Å²) in [7, 11) is 0. The van der Waals surface area contributed by atoms with Crippen molar-refractivity contribution in [3.8, 4) is 0 Å². The van der Waals surface area contributed by atoms with Crippen molar-refractivity contribution in [2.45, 2.75) is 33.7 Å². The molecule has 0 aliphatic heterocycles. The molecule has 3 nitrogen and oxygen atoms in total. The van der Waals surface area contributed by atoms with Gasteiger partial charge in [0.1, 0.15) is 11.3 Å². The van der Waals surface area contributed by atoms with Crippen LogP contribution in [0.15, 0.2) is 33.2 Å². The quantitative estimate of drug-likeness (QED) is 0.828. The Morgan fingerprint density at radius 1 is 1.33 bits per heavy atom. The van der Waals surface area contributed by atoms with Gasteiger partial charge in [0.05, 0.1) is 6.04 Å². The van der Waals surface area contributed by atoms with E-state index >= 15 is 0 Å². The van der Waals surface area contributed by atoms with Gasteiger partial charge in [-0.25, -0.2) is 0 Å². The van der Waals surface area contributed by atoms with Crippen molar-refractivity contribution >= 4 is 26.9 Å². The molecule has 0 fully saturated rings. The molecule has 0 saturated heterocycles. The molecule has 4 heteroatoms. The van der Waals surface area contributed by atoms with Crippen molar-refractivity contribution in [1.29, 1.82) is 0 Å². The van der Waals surface area contributed by atoms with Crippen molar-refractivity contribution < 1.29 is 4.42 Å². The average molecular weight is 353 g/mol. The highest BCUT2D eigenvalue weighted by molar-refractivity contribution is 9.10. The summed E-state index contributed by atoms with van der Waals surface area (Å²) in [6, 6.07) is 8.50. The lowest BCUT2D eigenvalue weighted by atomic mass is 9.92. The summed E-state index contributed by atoms with van der Waals surface area (Å²) in [5, 5.41) is 1.14. The summed E-state index contributed by atoms with van der Waals surface area (Å²) in [5.41, 5.74) is 6.92. The summed E-state index contributed by atoms with van der Waals surface area (Å²) < 4.78 is 7.10. The first-order valence-electron chi connectivity index (χ1n) is 7.49. The summed E-state index contributed by atoms with van der Waals surface area (Å²) in [6.45, 7) is 11.4. The fourth-order valence-corrected chi connectivity index (χ4v) is 2.94. The summed E-state index contributed by atoms with van der Waals surface area (Å²) in [4.78, 5) is 2.42. The van der Waals surface area contributed by atoms with E-state index in [0.29, 0.717) is 6.54 Å². The monoisotopic (exact) mass is 352 g/mol. The third-order valence-electron chi connectivity index (χ3n) is 4.05. The maximum atomic E-state index is 6.02. The number of nitrogens with two attached hydrogens (primary N) is 1. The van der Waals surface area contributed by atoms with Gasteiger partial charge in [-0.3, -0.25) is 4.90 Å². The number of fused-ring (bicyclic) bond motifs is 1. The third kappa shape index (κ3) is 3.87. The minimum atomic E-state index is 0.110. The lowest BCUT2D eigenvalue weighted by Crippen LogP contribution is -2.39. The molecule has 0 saturated carbocycles. The zero-order chi connectivity index (χ0) is 15.6. The fourth-order valence-electron chi connectivity index (χ4n) is 2.56. The van der Waals surface area contributed by atoms with E-state index in [0.717, 1.165) is 34.3 Å². The van der Waals surface area contributed by atoms with Crippen LogP contribution in [-0.4, -0.2) is 24.5 Å². The standard InChI is InChI=1S/C17H25BrN2O/c1-5-20(11-17(3,4)10-19)12(2)16-9-13-8-14(18)6-7-15(13)21-16/h6-9,12H,5,10-11,19H2,1-4H3. The number of rotatable bonds is 6. The maximum absolute atomic E-state index is 6.02. The molecule has 1 aromatic heterocycles. The molecule has 2 N–H and O–H groups in total. The Kier molecular flexibility index (Phi) is 5.12. The predicted molar refractivity (Wildman–Crippen MR) is 92.4 cm³/mol. The molecule has 0 aliphatic rings. The number of halogens is 1. The van der Waals surface area contributed by atoms with Crippen molar-refractivity contribution in [1.82, 2.24) is 4.90 Å². The second kappa shape index (κ2) is 6.51. The normalized spacial score (nSPS) is 14.0. The number of furan rings is 1. The van der Waals surface area contributed by atoms with Crippen LogP contribution in [0.3, 0.4) is 0 Å². The van der Waals surface area contributed by atoms with Crippen molar-refractivity contribution in [3.05, 3.63) is 34.5 Å². The lowest BCUT2D eigenvalue weighted by molar-refractivity contribution is 0.135. The van der Waals surface area contributed by atoms with Gasteiger partial charge in [-0.15, -0.1) is 0 Å². The van der Waals surface area contributed by atoms with E-state index in [4.69, 9.17) is 10.2 Å². The molecule has 0 spiro atoms. The SMILES string of the molecule is CCN(CC(C)(C)CN)C(C)c1cc2cc(Br)ccc2o1. The fraction of sp³-hybridized carbons (Fsp3) is 0.529. The largest absolute Gasteiger partial charge is 0.459 e. The number of benzene rings is 1. The van der Waals surface area contributed by atoms with Crippen molar-refractivity contribution in [3.63, 3.8) is 0 Å². The van der Waals surface area contributed by atoms with Crippen LogP contribution in [0.5, 0.6) is 0 Å². The Balaban J connectivity index is 2.24. The molecule has 0 radical (unpaired) electrons. The molecule has 1 heterocycles. The predicted octanol–water partition coefficient (Wildman–Crippen LogP) is 4.56. The van der Waals surface area contributed by atoms with E-state index in [1.165, 1.54) is 0 Å². The van der Waals surface area contributed by atoms with Crippen LogP contribution in [-0.2, 0) is 0 Å². The van der Waals surface area contributed by atoms with Crippen LogP contribution in [0.2, 0.25) is 0 Å². The van der Waals surface area contributed by atoms with Gasteiger partial charge in [-0.05, 0) is 49.7 Å². The first-order chi connectivity index (χ1) is 9.86. The minimum Gasteiger partial charge on any atom is -0.459 e. The van der Waals surface area contributed by atoms with E-state index in [-0.39, 0.29) is 11.5 Å². The van der Waals surface area contributed by atoms with Crippen molar-refractivity contribution in [2.75, 3.05) is 19.6 Å². The van der Waals surface area contributed by atoms with Crippen LogP contribution in [0.4, 0.5) is 0 Å². The maximum Gasteiger partial charge on any atom is 0.134 e. The van der Waals surface area contributed by atoms with Gasteiger partial charge in [0, 0.05) is 16.4 Å². The highest BCUT2D eigenvalue weighted by Gasteiger charge is 2.25. The zero-order valence-electron chi connectivity index (χ0n) is 13.3. The Morgan fingerprint density at radius 3 is 2.67 bits per heavy atom. The van der Waals surface area contributed by atoms with E-state index < -0.39 is 0 Å². The van der Waals surface area contributed by atoms with E-state index in [1.54, 1.807) is 0 Å². The third-order valence-corrected chi connectivity index (χ3v) is 4.54. The molecule has 1 aromatic carbocycles. The zero-order valence-corrected chi connectivity index (χ0v) is 14.9. The van der Waals surface area contributed by atoms with Gasteiger partial charge in [0.2, 0.25) is 0 Å². The minimum absolute atomic E-state index is 0.110. The Morgan fingerprint density at radius 2 is 2.05 bits per heavy atom. The summed E-state index contributed by atoms with van der Waals surface area (Å²) in [5.74, 6) is 1.01. The molecule has 116 valence electrons. The van der Waals surface area contributed by atoms with Gasteiger partial charge in [0.15, 0.2) is 0 Å². The topological polar surface area (TPSA) is 42.4 Å². The van der Waals surface area contributed by atoms with E-state index in [1.807, 2.05) is 12.1 Å². The van der Waals surface area contributed by atoms with Crippen LogP contribution in [0.1, 0.15) is 39.5 Å². The number of hydrogen-bond acceptors (Lipinski definition) is 3. The molecule has 2 rings (SSSR count). The lowest BCUT2D eigenvalue weighted by Gasteiger charge is -2.34. The van der Waals surface area contributed by atoms with E-state index in [2.05, 4.69) is 60.7 Å². The second-order valence-corrected chi connectivity index (χ2v) is 7.35. The summed E-state index contributed by atoms with van der Waals surface area (Å²) in [6.07, 6.45) is 0. The highest BCUT2D eigenvalue weighted by atomic mass is 79.9. The molecule has 2 aromatic rings. The molecule has 0 bridgehead atoms. The molecule has 1 atom stereocenters. The molecular weight excluding hydrogens is 328 g/mol. The van der Waals surface area contributed by atoms with Crippen LogP contribution < -0.4 is 5.73 Å². The van der Waals surface area contributed by atoms with Gasteiger partial charge in [-0.2, -0.15) is 0 Å². The second-order valence-electron chi connectivity index (χ2n) is 6.44. The first kappa shape index (κ1) is 16.5. The molecule has 1 unspecified atom stereocenters. The van der Waals surface area contributed by atoms with Gasteiger partial charge in [-0.1, -0.05) is 36.7 Å².